The lowest BCUT2D eigenvalue weighted by Gasteiger charge is -2.24. The minimum Gasteiger partial charge on any atom is -0.493 e. The lowest BCUT2D eigenvalue weighted by molar-refractivity contribution is -0.0818. The lowest BCUT2D eigenvalue weighted by Crippen LogP contribution is -2.34. The Morgan fingerprint density at radius 1 is 1.26 bits per heavy atom. The molecule has 0 amide bonds. The number of benzene rings is 1. The van der Waals surface area contributed by atoms with Crippen LogP contribution in [0.2, 0.25) is 0 Å². The van der Waals surface area contributed by atoms with Gasteiger partial charge in [-0.15, -0.1) is 0 Å². The summed E-state index contributed by atoms with van der Waals surface area (Å²) in [5.74, 6) is 1.25. The fourth-order valence-electron chi connectivity index (χ4n) is 1.93. The molecule has 2 rings (SSSR count). The third-order valence-electron chi connectivity index (χ3n) is 2.96. The van der Waals surface area contributed by atoms with Crippen LogP contribution in [0.25, 0.3) is 0 Å². The highest BCUT2D eigenvalue weighted by Crippen LogP contribution is 2.34. The second-order valence-corrected chi connectivity index (χ2v) is 4.24. The highest BCUT2D eigenvalue weighted by molar-refractivity contribution is 5.72. The topological polar surface area (TPSA) is 75.0 Å². The SMILES string of the molecule is COc1cc(N)c(NCC2COCCO2)cc1OC. The van der Waals surface area contributed by atoms with E-state index < -0.39 is 0 Å². The lowest BCUT2D eigenvalue weighted by atomic mass is 10.2. The fourth-order valence-corrected chi connectivity index (χ4v) is 1.93. The average Bonchev–Trinajstić information content (AvgIpc) is 2.46. The molecule has 3 N–H and O–H groups in total. The fraction of sp³-hybridized carbons (Fsp3) is 0.538. The summed E-state index contributed by atoms with van der Waals surface area (Å²) in [4.78, 5) is 0. The summed E-state index contributed by atoms with van der Waals surface area (Å²) in [7, 11) is 3.17. The predicted octanol–water partition coefficient (Wildman–Crippen LogP) is 1.11. The largest absolute Gasteiger partial charge is 0.493 e. The second-order valence-electron chi connectivity index (χ2n) is 4.24. The summed E-state index contributed by atoms with van der Waals surface area (Å²) in [5, 5.41) is 3.24. The quantitative estimate of drug-likeness (QED) is 0.779. The minimum absolute atomic E-state index is 0.0428. The predicted molar refractivity (Wildman–Crippen MR) is 73.0 cm³/mol. The number of nitrogen functional groups attached to an aromatic ring is 1. The van der Waals surface area contributed by atoms with Crippen LogP contribution in [0.1, 0.15) is 0 Å². The van der Waals surface area contributed by atoms with Gasteiger partial charge < -0.3 is 30.0 Å². The van der Waals surface area contributed by atoms with Gasteiger partial charge in [-0.05, 0) is 0 Å². The molecule has 0 aliphatic carbocycles. The summed E-state index contributed by atoms with van der Waals surface area (Å²) in [5.41, 5.74) is 7.37. The van der Waals surface area contributed by atoms with Crippen LogP contribution >= 0.6 is 0 Å². The third kappa shape index (κ3) is 3.42. The van der Waals surface area contributed by atoms with Crippen molar-refractivity contribution in [3.8, 4) is 11.5 Å². The molecule has 1 aliphatic heterocycles. The van der Waals surface area contributed by atoms with Crippen molar-refractivity contribution < 1.29 is 18.9 Å². The van der Waals surface area contributed by atoms with Crippen LogP contribution in [0.3, 0.4) is 0 Å². The minimum atomic E-state index is 0.0428. The highest BCUT2D eigenvalue weighted by Gasteiger charge is 2.15. The van der Waals surface area contributed by atoms with E-state index in [2.05, 4.69) is 5.32 Å². The first-order valence-corrected chi connectivity index (χ1v) is 6.19. The van der Waals surface area contributed by atoms with E-state index in [1.54, 1.807) is 20.3 Å². The zero-order valence-corrected chi connectivity index (χ0v) is 11.3. The van der Waals surface area contributed by atoms with Crippen molar-refractivity contribution in [2.24, 2.45) is 0 Å². The van der Waals surface area contributed by atoms with Gasteiger partial charge in [-0.3, -0.25) is 0 Å². The number of hydrogen-bond acceptors (Lipinski definition) is 6. The van der Waals surface area contributed by atoms with Gasteiger partial charge in [0.05, 0.1) is 51.5 Å². The Bertz CT molecular complexity index is 419. The van der Waals surface area contributed by atoms with E-state index >= 15 is 0 Å². The van der Waals surface area contributed by atoms with Gasteiger partial charge in [-0.25, -0.2) is 0 Å². The number of rotatable bonds is 5. The number of methoxy groups -OCH3 is 2. The summed E-state index contributed by atoms with van der Waals surface area (Å²) < 4.78 is 21.3. The molecule has 6 nitrogen and oxygen atoms in total. The molecular formula is C13H20N2O4. The summed E-state index contributed by atoms with van der Waals surface area (Å²) in [6.45, 7) is 2.53. The van der Waals surface area contributed by atoms with Gasteiger partial charge in [0.2, 0.25) is 0 Å². The van der Waals surface area contributed by atoms with Crippen molar-refractivity contribution >= 4 is 11.4 Å². The van der Waals surface area contributed by atoms with Crippen molar-refractivity contribution in [1.29, 1.82) is 0 Å². The maximum Gasteiger partial charge on any atom is 0.162 e. The van der Waals surface area contributed by atoms with E-state index in [4.69, 9.17) is 24.7 Å². The van der Waals surface area contributed by atoms with Crippen molar-refractivity contribution in [1.82, 2.24) is 0 Å². The first-order valence-electron chi connectivity index (χ1n) is 6.19. The molecule has 0 radical (unpaired) electrons. The van der Waals surface area contributed by atoms with Crippen LogP contribution in [0.4, 0.5) is 11.4 Å². The van der Waals surface area contributed by atoms with Crippen LogP contribution in [-0.4, -0.2) is 46.7 Å². The van der Waals surface area contributed by atoms with Gasteiger partial charge in [0, 0.05) is 18.7 Å². The summed E-state index contributed by atoms with van der Waals surface area (Å²) >= 11 is 0. The first kappa shape index (κ1) is 13.8. The first-order chi connectivity index (χ1) is 9.24. The molecular weight excluding hydrogens is 248 g/mol. The molecule has 1 saturated heterocycles. The molecule has 1 aromatic rings. The van der Waals surface area contributed by atoms with Crippen molar-refractivity contribution in [3.63, 3.8) is 0 Å². The molecule has 1 unspecified atom stereocenters. The molecule has 0 aromatic heterocycles. The Labute approximate surface area is 112 Å². The molecule has 1 aliphatic rings. The molecule has 0 spiro atoms. The van der Waals surface area contributed by atoms with E-state index in [1.807, 2.05) is 6.07 Å². The maximum absolute atomic E-state index is 5.97. The Balaban J connectivity index is 2.02. The van der Waals surface area contributed by atoms with Crippen LogP contribution in [0.5, 0.6) is 11.5 Å². The number of hydrogen-bond donors (Lipinski definition) is 2. The molecule has 1 aromatic carbocycles. The van der Waals surface area contributed by atoms with E-state index in [-0.39, 0.29) is 6.10 Å². The van der Waals surface area contributed by atoms with E-state index in [0.29, 0.717) is 43.6 Å². The Kier molecular flexibility index (Phi) is 4.70. The van der Waals surface area contributed by atoms with Gasteiger partial charge in [0.15, 0.2) is 11.5 Å². The van der Waals surface area contributed by atoms with Crippen molar-refractivity contribution in [2.45, 2.75) is 6.10 Å². The summed E-state index contributed by atoms with van der Waals surface area (Å²) in [6, 6.07) is 3.55. The van der Waals surface area contributed by atoms with Crippen LogP contribution < -0.4 is 20.5 Å². The monoisotopic (exact) mass is 268 g/mol. The van der Waals surface area contributed by atoms with Gasteiger partial charge in [-0.1, -0.05) is 0 Å². The van der Waals surface area contributed by atoms with Crippen molar-refractivity contribution in [3.05, 3.63) is 12.1 Å². The van der Waals surface area contributed by atoms with Crippen molar-refractivity contribution in [2.75, 3.05) is 51.6 Å². The van der Waals surface area contributed by atoms with Crippen LogP contribution in [0, 0.1) is 0 Å². The Morgan fingerprint density at radius 2 is 2.00 bits per heavy atom. The number of nitrogens with one attached hydrogen (secondary N) is 1. The molecule has 1 atom stereocenters. The third-order valence-corrected chi connectivity index (χ3v) is 2.96. The average molecular weight is 268 g/mol. The van der Waals surface area contributed by atoms with E-state index in [0.717, 1.165) is 5.69 Å². The zero-order valence-electron chi connectivity index (χ0n) is 11.3. The van der Waals surface area contributed by atoms with Crippen LogP contribution in [-0.2, 0) is 9.47 Å². The second kappa shape index (κ2) is 6.49. The number of anilines is 2. The van der Waals surface area contributed by atoms with Gasteiger partial charge in [0.1, 0.15) is 0 Å². The Morgan fingerprint density at radius 3 is 2.63 bits per heavy atom. The maximum atomic E-state index is 5.97. The van der Waals surface area contributed by atoms with Gasteiger partial charge in [0.25, 0.3) is 0 Å². The highest BCUT2D eigenvalue weighted by atomic mass is 16.6. The molecule has 0 saturated carbocycles. The zero-order chi connectivity index (χ0) is 13.7. The normalized spacial score (nSPS) is 18.9. The molecule has 1 fully saturated rings. The van der Waals surface area contributed by atoms with E-state index in [1.165, 1.54) is 0 Å². The molecule has 1 heterocycles. The van der Waals surface area contributed by atoms with Crippen LogP contribution in [0.15, 0.2) is 12.1 Å². The number of ether oxygens (including phenoxy) is 4. The molecule has 106 valence electrons. The van der Waals surface area contributed by atoms with Gasteiger partial charge in [-0.2, -0.15) is 0 Å². The smallest absolute Gasteiger partial charge is 0.162 e. The molecule has 19 heavy (non-hydrogen) atoms. The van der Waals surface area contributed by atoms with E-state index in [9.17, 15) is 0 Å². The standard InChI is InChI=1S/C13H20N2O4/c1-16-12-5-10(14)11(6-13(12)17-2)15-7-9-8-18-3-4-19-9/h5-6,9,15H,3-4,7-8,14H2,1-2H3. The Hall–Kier alpha value is -1.66. The van der Waals surface area contributed by atoms with Gasteiger partial charge >= 0.3 is 0 Å². The summed E-state index contributed by atoms with van der Waals surface area (Å²) in [6.07, 6.45) is 0.0428. The number of nitrogens with two attached hydrogens (primary N) is 1. The molecule has 0 bridgehead atoms. The molecule has 6 heteroatoms.